The summed E-state index contributed by atoms with van der Waals surface area (Å²) in [7, 11) is 3.05. The van der Waals surface area contributed by atoms with Crippen LogP contribution in [-0.2, 0) is 4.74 Å². The molecule has 0 unspecified atom stereocenters. The molecule has 0 amide bonds. The number of hydrogen-bond acceptors (Lipinski definition) is 3. The average molecular weight is 305 g/mol. The molecule has 0 bridgehead atoms. The highest BCUT2D eigenvalue weighted by atomic mass is 16.5. The van der Waals surface area contributed by atoms with Crippen molar-refractivity contribution in [1.29, 1.82) is 0 Å². The minimum Gasteiger partial charge on any atom is -0.497 e. The summed E-state index contributed by atoms with van der Waals surface area (Å²) in [6, 6.07) is 17.8. The first-order valence-electron chi connectivity index (χ1n) is 7.32. The number of rotatable bonds is 2. The molecule has 0 atom stereocenters. The largest absolute Gasteiger partial charge is 0.497 e. The fourth-order valence-corrected chi connectivity index (χ4v) is 3.09. The van der Waals surface area contributed by atoms with E-state index < -0.39 is 0 Å². The third-order valence-electron chi connectivity index (χ3n) is 4.17. The molecule has 2 heterocycles. The summed E-state index contributed by atoms with van der Waals surface area (Å²) in [6.45, 7) is 0. The van der Waals surface area contributed by atoms with Crippen molar-refractivity contribution in [3.8, 4) is 5.75 Å². The maximum Gasteiger partial charge on any atom is 0.340 e. The SMILES string of the molecule is COC(=O)c1cc2ccccc2n2c1cc1cc(OC)ccc12. The lowest BCUT2D eigenvalue weighted by molar-refractivity contribution is 0.0603. The highest BCUT2D eigenvalue weighted by Crippen LogP contribution is 2.31. The first-order chi connectivity index (χ1) is 11.2. The summed E-state index contributed by atoms with van der Waals surface area (Å²) in [4.78, 5) is 12.2. The summed E-state index contributed by atoms with van der Waals surface area (Å²) >= 11 is 0. The standard InChI is InChI=1S/C19H15NO3/c1-22-14-7-8-17-13(9-14)11-18-15(19(21)23-2)10-12-5-3-4-6-16(12)20(17)18/h3-11H,1-2H3. The maximum absolute atomic E-state index is 12.2. The number of ether oxygens (including phenoxy) is 2. The second-order valence-electron chi connectivity index (χ2n) is 5.40. The van der Waals surface area contributed by atoms with Crippen LogP contribution in [0, 0.1) is 0 Å². The van der Waals surface area contributed by atoms with Crippen molar-refractivity contribution < 1.29 is 14.3 Å². The molecule has 2 aromatic heterocycles. The number of para-hydroxylation sites is 1. The van der Waals surface area contributed by atoms with E-state index in [0.717, 1.165) is 33.1 Å². The summed E-state index contributed by atoms with van der Waals surface area (Å²) in [5.74, 6) is 0.452. The van der Waals surface area contributed by atoms with E-state index in [1.807, 2.05) is 54.6 Å². The van der Waals surface area contributed by atoms with Crippen LogP contribution in [0.15, 0.2) is 54.6 Å². The number of nitrogens with zero attached hydrogens (tertiary/aromatic N) is 1. The lowest BCUT2D eigenvalue weighted by Gasteiger charge is -2.09. The Balaban J connectivity index is 2.23. The molecule has 23 heavy (non-hydrogen) atoms. The predicted molar refractivity (Wildman–Crippen MR) is 90.3 cm³/mol. The second kappa shape index (κ2) is 5.02. The Bertz CT molecular complexity index is 1060. The van der Waals surface area contributed by atoms with Gasteiger partial charge in [0.2, 0.25) is 0 Å². The van der Waals surface area contributed by atoms with Crippen molar-refractivity contribution in [1.82, 2.24) is 4.40 Å². The van der Waals surface area contributed by atoms with Gasteiger partial charge in [0.25, 0.3) is 0 Å². The van der Waals surface area contributed by atoms with Gasteiger partial charge in [0, 0.05) is 5.39 Å². The van der Waals surface area contributed by atoms with Gasteiger partial charge in [-0.1, -0.05) is 18.2 Å². The Kier molecular flexibility index (Phi) is 2.98. The van der Waals surface area contributed by atoms with Crippen LogP contribution in [0.2, 0.25) is 0 Å². The van der Waals surface area contributed by atoms with Gasteiger partial charge in [-0.05, 0) is 41.8 Å². The number of esters is 1. The van der Waals surface area contributed by atoms with Gasteiger partial charge in [-0.15, -0.1) is 0 Å². The van der Waals surface area contributed by atoms with Crippen molar-refractivity contribution in [3.63, 3.8) is 0 Å². The van der Waals surface area contributed by atoms with Gasteiger partial charge in [0.05, 0.1) is 36.3 Å². The first kappa shape index (κ1) is 13.6. The molecule has 0 radical (unpaired) electrons. The van der Waals surface area contributed by atoms with E-state index in [1.54, 1.807) is 7.11 Å². The normalized spacial score (nSPS) is 11.2. The molecule has 0 aliphatic rings. The molecule has 0 aliphatic heterocycles. The second-order valence-corrected chi connectivity index (χ2v) is 5.40. The molecule has 0 aliphatic carbocycles. The van der Waals surface area contributed by atoms with E-state index in [1.165, 1.54) is 7.11 Å². The van der Waals surface area contributed by atoms with E-state index in [-0.39, 0.29) is 5.97 Å². The molecule has 0 saturated carbocycles. The van der Waals surface area contributed by atoms with Gasteiger partial charge >= 0.3 is 5.97 Å². The van der Waals surface area contributed by atoms with E-state index in [9.17, 15) is 4.79 Å². The number of fused-ring (bicyclic) bond motifs is 5. The van der Waals surface area contributed by atoms with Crippen molar-refractivity contribution in [2.75, 3.05) is 14.2 Å². The highest BCUT2D eigenvalue weighted by Gasteiger charge is 2.16. The average Bonchev–Trinajstić information content (AvgIpc) is 2.98. The first-order valence-corrected chi connectivity index (χ1v) is 7.32. The lowest BCUT2D eigenvalue weighted by Crippen LogP contribution is -2.04. The van der Waals surface area contributed by atoms with Crippen LogP contribution in [0.5, 0.6) is 5.75 Å². The molecular formula is C19H15NO3. The third-order valence-corrected chi connectivity index (χ3v) is 4.17. The number of aromatic nitrogens is 1. The highest BCUT2D eigenvalue weighted by molar-refractivity contribution is 6.06. The Morgan fingerprint density at radius 2 is 1.65 bits per heavy atom. The van der Waals surface area contributed by atoms with Crippen LogP contribution in [0.25, 0.3) is 27.3 Å². The Morgan fingerprint density at radius 3 is 2.43 bits per heavy atom. The van der Waals surface area contributed by atoms with E-state index in [2.05, 4.69) is 4.40 Å². The number of carbonyl (C=O) groups is 1. The summed E-state index contributed by atoms with van der Waals surface area (Å²) < 4.78 is 12.4. The van der Waals surface area contributed by atoms with Crippen LogP contribution in [0.1, 0.15) is 10.4 Å². The van der Waals surface area contributed by atoms with Crippen molar-refractivity contribution in [3.05, 3.63) is 60.2 Å². The molecule has 4 aromatic rings. The molecule has 114 valence electrons. The maximum atomic E-state index is 12.2. The Labute approximate surface area is 132 Å². The molecule has 0 spiro atoms. The zero-order valence-electron chi connectivity index (χ0n) is 12.9. The molecule has 4 rings (SSSR count). The van der Waals surface area contributed by atoms with Gasteiger partial charge in [-0.25, -0.2) is 4.79 Å². The minimum absolute atomic E-state index is 0.337. The molecule has 0 saturated heterocycles. The van der Waals surface area contributed by atoms with Crippen LogP contribution >= 0.6 is 0 Å². The topological polar surface area (TPSA) is 39.9 Å². The fraction of sp³-hybridized carbons (Fsp3) is 0.105. The Morgan fingerprint density at radius 1 is 0.870 bits per heavy atom. The fourth-order valence-electron chi connectivity index (χ4n) is 3.09. The van der Waals surface area contributed by atoms with Gasteiger partial charge in [-0.3, -0.25) is 0 Å². The van der Waals surface area contributed by atoms with E-state index >= 15 is 0 Å². The summed E-state index contributed by atoms with van der Waals surface area (Å²) in [6.07, 6.45) is 0. The number of carbonyl (C=O) groups excluding carboxylic acids is 1. The minimum atomic E-state index is -0.337. The van der Waals surface area contributed by atoms with Crippen molar-refractivity contribution >= 4 is 33.3 Å². The van der Waals surface area contributed by atoms with Gasteiger partial charge < -0.3 is 13.9 Å². The third kappa shape index (κ3) is 1.95. The quantitative estimate of drug-likeness (QED) is 0.525. The van der Waals surface area contributed by atoms with Crippen molar-refractivity contribution in [2.24, 2.45) is 0 Å². The van der Waals surface area contributed by atoms with Crippen molar-refractivity contribution in [2.45, 2.75) is 0 Å². The number of benzene rings is 2. The molecule has 0 N–H and O–H groups in total. The predicted octanol–water partition coefficient (Wildman–Crippen LogP) is 4.04. The monoisotopic (exact) mass is 305 g/mol. The number of hydrogen-bond donors (Lipinski definition) is 0. The van der Waals surface area contributed by atoms with Crippen LogP contribution in [-0.4, -0.2) is 24.6 Å². The zero-order chi connectivity index (χ0) is 16.0. The van der Waals surface area contributed by atoms with Crippen LogP contribution in [0.4, 0.5) is 0 Å². The summed E-state index contributed by atoms with van der Waals surface area (Å²) in [5.41, 5.74) is 3.47. The van der Waals surface area contributed by atoms with Crippen LogP contribution < -0.4 is 4.74 Å². The molecule has 0 fully saturated rings. The summed E-state index contributed by atoms with van der Waals surface area (Å²) in [5, 5.41) is 2.01. The molecular weight excluding hydrogens is 290 g/mol. The van der Waals surface area contributed by atoms with Gasteiger partial charge in [0.1, 0.15) is 5.75 Å². The molecule has 2 aromatic carbocycles. The van der Waals surface area contributed by atoms with E-state index in [0.29, 0.717) is 5.56 Å². The van der Waals surface area contributed by atoms with Gasteiger partial charge in [0.15, 0.2) is 0 Å². The van der Waals surface area contributed by atoms with E-state index in [4.69, 9.17) is 9.47 Å². The molecule has 4 heteroatoms. The zero-order valence-corrected chi connectivity index (χ0v) is 12.9. The van der Waals surface area contributed by atoms with Crippen LogP contribution in [0.3, 0.4) is 0 Å². The molecule has 4 nitrogen and oxygen atoms in total. The smallest absolute Gasteiger partial charge is 0.340 e. The van der Waals surface area contributed by atoms with Gasteiger partial charge in [-0.2, -0.15) is 0 Å². The lowest BCUT2D eigenvalue weighted by atomic mass is 10.1. The number of pyridine rings is 1. The Hall–Kier alpha value is -3.01. The number of methoxy groups -OCH3 is 2.